The fourth-order valence-corrected chi connectivity index (χ4v) is 7.27. The van der Waals surface area contributed by atoms with Gasteiger partial charge in [0.25, 0.3) is 18.8 Å². The van der Waals surface area contributed by atoms with Gasteiger partial charge in [0.1, 0.15) is 11.4 Å². The van der Waals surface area contributed by atoms with E-state index in [0.717, 1.165) is 46.5 Å². The number of benzene rings is 1. The molecular formula is C27H28ClF4N5OS2. The molecule has 5 rings (SSSR count). The van der Waals surface area contributed by atoms with Gasteiger partial charge in [0.2, 0.25) is 0 Å². The van der Waals surface area contributed by atoms with Crippen LogP contribution < -0.4 is 0 Å². The van der Waals surface area contributed by atoms with Crippen molar-refractivity contribution in [1.29, 1.82) is 0 Å². The molecule has 13 heteroatoms. The van der Waals surface area contributed by atoms with E-state index in [1.165, 1.54) is 11.1 Å². The summed E-state index contributed by atoms with van der Waals surface area (Å²) < 4.78 is 52.9. The van der Waals surface area contributed by atoms with Crippen molar-refractivity contribution >= 4 is 46.3 Å². The van der Waals surface area contributed by atoms with Gasteiger partial charge in [-0.1, -0.05) is 23.7 Å². The van der Waals surface area contributed by atoms with Crippen molar-refractivity contribution in [3.63, 3.8) is 0 Å². The Kier molecular flexibility index (Phi) is 9.28. The van der Waals surface area contributed by atoms with Gasteiger partial charge in [-0.25, -0.2) is 22.5 Å². The number of nitrogens with zero attached hydrogens (tertiary/aromatic N) is 5. The number of carbonyl (C=O) groups is 1. The highest BCUT2D eigenvalue weighted by Gasteiger charge is 2.30. The minimum absolute atomic E-state index is 0.168. The van der Waals surface area contributed by atoms with Crippen molar-refractivity contribution in [2.24, 2.45) is 4.99 Å². The molecule has 1 saturated heterocycles. The first-order valence-corrected chi connectivity index (χ1v) is 15.6. The van der Waals surface area contributed by atoms with Crippen LogP contribution in [0.3, 0.4) is 0 Å². The minimum Gasteiger partial charge on any atom is -0.294 e. The molecule has 1 aromatic carbocycles. The van der Waals surface area contributed by atoms with E-state index in [0.29, 0.717) is 30.4 Å². The third kappa shape index (κ3) is 6.29. The van der Waals surface area contributed by atoms with Gasteiger partial charge in [-0.3, -0.25) is 14.7 Å². The maximum absolute atomic E-state index is 13.3. The molecule has 1 atom stereocenters. The third-order valence-electron chi connectivity index (χ3n) is 7.35. The van der Waals surface area contributed by atoms with E-state index < -0.39 is 30.1 Å². The normalized spacial score (nSPS) is 18.7. The topological polar surface area (TPSA) is 63.4 Å². The zero-order chi connectivity index (χ0) is 28.4. The van der Waals surface area contributed by atoms with Crippen molar-refractivity contribution in [2.45, 2.75) is 49.7 Å². The minimum atomic E-state index is -3.07. The van der Waals surface area contributed by atoms with E-state index in [1.54, 1.807) is 23.1 Å². The van der Waals surface area contributed by atoms with E-state index in [-0.39, 0.29) is 18.4 Å². The summed E-state index contributed by atoms with van der Waals surface area (Å²) in [5, 5.41) is 7.27. The van der Waals surface area contributed by atoms with Crippen LogP contribution in [0.4, 0.5) is 17.6 Å². The predicted octanol–water partition coefficient (Wildman–Crippen LogP) is 7.23. The lowest BCUT2D eigenvalue weighted by Crippen LogP contribution is -2.39. The maximum Gasteiger partial charge on any atom is 0.282 e. The molecule has 3 aromatic rings. The fraction of sp³-hybridized carbons (Fsp3) is 0.481. The summed E-state index contributed by atoms with van der Waals surface area (Å²) in [5.74, 6) is 0.601. The molecule has 1 fully saturated rings. The lowest BCUT2D eigenvalue weighted by Gasteiger charge is -2.30. The SMILES string of the molecule is CSCc1cccc(Cl)c1C1CN=C(c2csc(C3CCN(CC(=O)n4nc(C(F)F)cc4C(F)F)CC3)n2)C1. The summed E-state index contributed by atoms with van der Waals surface area (Å²) in [5.41, 5.74) is 2.67. The Bertz CT molecular complexity index is 1390. The van der Waals surface area contributed by atoms with Gasteiger partial charge in [-0.05, 0) is 55.4 Å². The smallest absolute Gasteiger partial charge is 0.282 e. The number of aliphatic imine (C=N–C) groups is 1. The Labute approximate surface area is 242 Å². The summed E-state index contributed by atoms with van der Waals surface area (Å²) in [7, 11) is 0. The fourth-order valence-electron chi connectivity index (χ4n) is 5.36. The predicted molar refractivity (Wildman–Crippen MR) is 151 cm³/mol. The number of piperidine rings is 1. The average Bonchev–Trinajstić information content (AvgIpc) is 3.69. The molecule has 0 spiro atoms. The number of alkyl halides is 4. The van der Waals surface area contributed by atoms with Gasteiger partial charge < -0.3 is 0 Å². The summed E-state index contributed by atoms with van der Waals surface area (Å²) in [4.78, 5) is 24.2. The largest absolute Gasteiger partial charge is 0.294 e. The number of aromatic nitrogens is 3. The molecule has 214 valence electrons. The summed E-state index contributed by atoms with van der Waals surface area (Å²) in [6.07, 6.45) is -1.74. The molecule has 0 bridgehead atoms. The van der Waals surface area contributed by atoms with Gasteiger partial charge in [-0.15, -0.1) is 11.3 Å². The van der Waals surface area contributed by atoms with Crippen molar-refractivity contribution in [2.75, 3.05) is 32.4 Å². The first-order chi connectivity index (χ1) is 19.2. The van der Waals surface area contributed by atoms with Crippen LogP contribution in [0.2, 0.25) is 5.02 Å². The van der Waals surface area contributed by atoms with Crippen LogP contribution in [-0.2, 0) is 5.75 Å². The zero-order valence-electron chi connectivity index (χ0n) is 21.7. The number of carbonyl (C=O) groups excluding carboxylic acids is 1. The number of thioether (sulfide) groups is 1. The monoisotopic (exact) mass is 613 g/mol. The number of likely N-dealkylation sites (tertiary alicyclic amines) is 1. The highest BCUT2D eigenvalue weighted by atomic mass is 35.5. The molecule has 40 heavy (non-hydrogen) atoms. The molecule has 0 radical (unpaired) electrons. The van der Waals surface area contributed by atoms with E-state index in [1.807, 2.05) is 22.4 Å². The number of thiazole rings is 1. The lowest BCUT2D eigenvalue weighted by molar-refractivity contribution is 0.0767. The van der Waals surface area contributed by atoms with Crippen LogP contribution in [0.15, 0.2) is 34.6 Å². The van der Waals surface area contributed by atoms with Crippen LogP contribution in [0.25, 0.3) is 0 Å². The second-order valence-corrected chi connectivity index (χ2v) is 12.1. The number of hydrogen-bond acceptors (Lipinski definition) is 7. The van der Waals surface area contributed by atoms with Crippen LogP contribution in [0.1, 0.15) is 82.0 Å². The van der Waals surface area contributed by atoms with E-state index in [9.17, 15) is 22.4 Å². The quantitative estimate of drug-likeness (QED) is 0.238. The second-order valence-electron chi connectivity index (χ2n) is 9.96. The van der Waals surface area contributed by atoms with Crippen LogP contribution in [0.5, 0.6) is 0 Å². The average molecular weight is 614 g/mol. The Morgan fingerprint density at radius 2 is 1.95 bits per heavy atom. The van der Waals surface area contributed by atoms with Gasteiger partial charge in [0.15, 0.2) is 0 Å². The van der Waals surface area contributed by atoms with E-state index in [4.69, 9.17) is 21.6 Å². The van der Waals surface area contributed by atoms with Gasteiger partial charge in [-0.2, -0.15) is 21.5 Å². The lowest BCUT2D eigenvalue weighted by atomic mass is 9.92. The van der Waals surface area contributed by atoms with Gasteiger partial charge >= 0.3 is 0 Å². The molecule has 2 aromatic heterocycles. The molecule has 0 N–H and O–H groups in total. The molecule has 0 amide bonds. The number of halogens is 5. The highest BCUT2D eigenvalue weighted by Crippen LogP contribution is 2.37. The van der Waals surface area contributed by atoms with Crippen LogP contribution in [0, 0.1) is 0 Å². The van der Waals surface area contributed by atoms with E-state index in [2.05, 4.69) is 17.4 Å². The molecule has 2 aliphatic heterocycles. The molecule has 0 aliphatic carbocycles. The molecule has 0 saturated carbocycles. The van der Waals surface area contributed by atoms with Crippen molar-refractivity contribution < 1.29 is 22.4 Å². The molecule has 6 nitrogen and oxygen atoms in total. The second kappa shape index (κ2) is 12.7. The van der Waals surface area contributed by atoms with Crippen molar-refractivity contribution in [3.8, 4) is 0 Å². The highest BCUT2D eigenvalue weighted by molar-refractivity contribution is 7.97. The van der Waals surface area contributed by atoms with Crippen LogP contribution >= 0.6 is 34.7 Å². The molecule has 2 aliphatic rings. The van der Waals surface area contributed by atoms with Crippen molar-refractivity contribution in [1.82, 2.24) is 19.7 Å². The number of hydrogen-bond donors (Lipinski definition) is 0. The molecular weight excluding hydrogens is 586 g/mol. The van der Waals surface area contributed by atoms with Crippen LogP contribution in [-0.4, -0.2) is 63.7 Å². The third-order valence-corrected chi connectivity index (χ3v) is 9.28. The first kappa shape index (κ1) is 29.2. The Hall–Kier alpha value is -2.28. The van der Waals surface area contributed by atoms with Gasteiger partial charge in [0, 0.05) is 41.0 Å². The van der Waals surface area contributed by atoms with Crippen molar-refractivity contribution in [3.05, 3.63) is 67.9 Å². The van der Waals surface area contributed by atoms with E-state index >= 15 is 0 Å². The standard InChI is InChI=1S/C27H28ClF4N5OS2/c1-39-13-16-3-2-4-18(28)24(16)17-9-19(33-11-17)21-14-40-27(34-21)15-5-7-36(8-6-15)12-23(38)37-22(26(31)32)10-20(35-37)25(29)30/h2-4,10,14-15,17,25-26H,5-9,11-13H2,1H3. The zero-order valence-corrected chi connectivity index (χ0v) is 24.1. The summed E-state index contributed by atoms with van der Waals surface area (Å²) >= 11 is 9.96. The number of rotatable bonds is 9. The maximum atomic E-state index is 13.3. The summed E-state index contributed by atoms with van der Waals surface area (Å²) in [6.45, 7) is 1.64. The summed E-state index contributed by atoms with van der Waals surface area (Å²) in [6, 6.07) is 6.65. The Morgan fingerprint density at radius 3 is 2.65 bits per heavy atom. The molecule has 4 heterocycles. The Balaban J connectivity index is 1.17. The first-order valence-electron chi connectivity index (χ1n) is 12.9. The van der Waals surface area contributed by atoms with Gasteiger partial charge in [0.05, 0.1) is 23.0 Å². The Morgan fingerprint density at radius 1 is 1.18 bits per heavy atom. The molecule has 1 unspecified atom stereocenters.